The number of rotatable bonds is 3. The van der Waals surface area contributed by atoms with Gasteiger partial charge in [-0.3, -0.25) is 9.69 Å². The van der Waals surface area contributed by atoms with Crippen molar-refractivity contribution in [2.45, 2.75) is 51.9 Å². The molecule has 1 aromatic carbocycles. The van der Waals surface area contributed by atoms with Gasteiger partial charge in [-0.2, -0.15) is 0 Å². The monoisotopic (exact) mass is 425 g/mol. The summed E-state index contributed by atoms with van der Waals surface area (Å²) in [5.41, 5.74) is 4.28. The van der Waals surface area contributed by atoms with E-state index in [1.807, 2.05) is 6.07 Å². The SMILES string of the molecule is C=CCN1C(=O)C2=C(c3ccccc3CC23CCCCC3)C(C)CC=C1S(C)(=O)=O. The Morgan fingerprint density at radius 3 is 2.57 bits per heavy atom. The number of nitrogens with zero attached hydrogens (tertiary/aromatic N) is 1. The Kier molecular flexibility index (Phi) is 5.52. The van der Waals surface area contributed by atoms with Crippen LogP contribution in [0.1, 0.15) is 56.6 Å². The van der Waals surface area contributed by atoms with Gasteiger partial charge in [-0.15, -0.1) is 6.58 Å². The molecule has 0 aromatic heterocycles. The molecule has 1 unspecified atom stereocenters. The minimum atomic E-state index is -3.54. The Balaban J connectivity index is 1.99. The highest BCUT2D eigenvalue weighted by molar-refractivity contribution is 7.94. The van der Waals surface area contributed by atoms with E-state index in [1.54, 1.807) is 12.2 Å². The van der Waals surface area contributed by atoms with Crippen LogP contribution in [-0.2, 0) is 21.1 Å². The van der Waals surface area contributed by atoms with Gasteiger partial charge in [-0.25, -0.2) is 8.42 Å². The fourth-order valence-electron chi connectivity index (χ4n) is 5.71. The summed E-state index contributed by atoms with van der Waals surface area (Å²) in [5.74, 6) is -0.0728. The molecule has 1 heterocycles. The van der Waals surface area contributed by atoms with E-state index in [4.69, 9.17) is 0 Å². The van der Waals surface area contributed by atoms with Crippen molar-refractivity contribution in [3.8, 4) is 0 Å². The van der Waals surface area contributed by atoms with E-state index in [9.17, 15) is 13.2 Å². The quantitative estimate of drug-likeness (QED) is 0.648. The second-order valence-electron chi connectivity index (χ2n) is 9.12. The summed E-state index contributed by atoms with van der Waals surface area (Å²) in [6.07, 6.45) is 11.4. The molecule has 3 aliphatic rings. The van der Waals surface area contributed by atoms with Gasteiger partial charge < -0.3 is 0 Å². The van der Waals surface area contributed by atoms with Gasteiger partial charge in [0.25, 0.3) is 5.91 Å². The van der Waals surface area contributed by atoms with E-state index >= 15 is 0 Å². The molecule has 160 valence electrons. The van der Waals surface area contributed by atoms with Crippen LogP contribution in [0.15, 0.2) is 53.6 Å². The van der Waals surface area contributed by atoms with Gasteiger partial charge in [0.15, 0.2) is 9.84 Å². The maximum Gasteiger partial charge on any atom is 0.255 e. The smallest absolute Gasteiger partial charge is 0.255 e. The topological polar surface area (TPSA) is 54.5 Å². The van der Waals surface area contributed by atoms with Crippen molar-refractivity contribution in [2.75, 3.05) is 12.8 Å². The molecule has 1 atom stereocenters. The van der Waals surface area contributed by atoms with E-state index in [-0.39, 0.29) is 28.8 Å². The van der Waals surface area contributed by atoms with Crippen molar-refractivity contribution < 1.29 is 13.2 Å². The van der Waals surface area contributed by atoms with Gasteiger partial charge in [-0.05, 0) is 54.4 Å². The molecule has 1 aliphatic heterocycles. The van der Waals surface area contributed by atoms with Gasteiger partial charge in [-0.1, -0.05) is 56.5 Å². The number of benzene rings is 1. The zero-order valence-corrected chi connectivity index (χ0v) is 18.8. The predicted molar refractivity (Wildman–Crippen MR) is 121 cm³/mol. The Hall–Kier alpha value is -2.14. The molecule has 0 bridgehead atoms. The lowest BCUT2D eigenvalue weighted by Gasteiger charge is -2.46. The van der Waals surface area contributed by atoms with Gasteiger partial charge in [0.1, 0.15) is 5.03 Å². The van der Waals surface area contributed by atoms with Crippen molar-refractivity contribution in [3.63, 3.8) is 0 Å². The van der Waals surface area contributed by atoms with Gasteiger partial charge >= 0.3 is 0 Å². The number of hydrogen-bond donors (Lipinski definition) is 0. The van der Waals surface area contributed by atoms with Crippen molar-refractivity contribution in [3.05, 3.63) is 64.7 Å². The number of allylic oxidation sites excluding steroid dienone is 2. The summed E-state index contributed by atoms with van der Waals surface area (Å²) < 4.78 is 25.2. The van der Waals surface area contributed by atoms with E-state index in [0.29, 0.717) is 6.42 Å². The van der Waals surface area contributed by atoms with E-state index in [0.717, 1.165) is 43.3 Å². The van der Waals surface area contributed by atoms with Crippen molar-refractivity contribution in [1.82, 2.24) is 4.90 Å². The van der Waals surface area contributed by atoms with Crippen LogP contribution in [0.5, 0.6) is 0 Å². The van der Waals surface area contributed by atoms with Crippen LogP contribution in [0.4, 0.5) is 0 Å². The highest BCUT2D eigenvalue weighted by Gasteiger charge is 2.47. The van der Waals surface area contributed by atoms with Crippen molar-refractivity contribution in [1.29, 1.82) is 0 Å². The fourth-order valence-corrected chi connectivity index (χ4v) is 6.67. The van der Waals surface area contributed by atoms with Crippen LogP contribution in [0, 0.1) is 11.3 Å². The average Bonchev–Trinajstić information content (AvgIpc) is 2.70. The van der Waals surface area contributed by atoms with Gasteiger partial charge in [0, 0.05) is 23.8 Å². The zero-order chi connectivity index (χ0) is 21.5. The Bertz CT molecular complexity index is 1040. The Morgan fingerprint density at radius 2 is 1.90 bits per heavy atom. The third-order valence-corrected chi connectivity index (χ3v) is 8.15. The second kappa shape index (κ2) is 7.84. The molecule has 2 aliphatic carbocycles. The summed E-state index contributed by atoms with van der Waals surface area (Å²) in [7, 11) is -3.54. The molecule has 1 spiro atoms. The van der Waals surface area contributed by atoms with Gasteiger partial charge in [0.05, 0.1) is 0 Å². The molecule has 0 N–H and O–H groups in total. The van der Waals surface area contributed by atoms with Crippen LogP contribution < -0.4 is 0 Å². The van der Waals surface area contributed by atoms with Crippen molar-refractivity contribution in [2.24, 2.45) is 11.3 Å². The number of carbonyl (C=O) groups is 1. The van der Waals surface area contributed by atoms with Crippen LogP contribution in [0.3, 0.4) is 0 Å². The molecule has 0 radical (unpaired) electrons. The molecule has 4 nitrogen and oxygen atoms in total. The largest absolute Gasteiger partial charge is 0.295 e. The lowest BCUT2D eigenvalue weighted by atomic mass is 9.59. The highest BCUT2D eigenvalue weighted by atomic mass is 32.2. The third-order valence-electron chi connectivity index (χ3n) is 7.00. The molecule has 1 amide bonds. The first-order valence-corrected chi connectivity index (χ1v) is 12.8. The summed E-state index contributed by atoms with van der Waals surface area (Å²) in [5, 5.41) is 0.121. The lowest BCUT2D eigenvalue weighted by Crippen LogP contribution is -2.44. The minimum absolute atomic E-state index is 0.0758. The molecule has 1 fully saturated rings. The predicted octanol–water partition coefficient (Wildman–Crippen LogP) is 4.89. The molecular formula is C25H31NO3S. The summed E-state index contributed by atoms with van der Waals surface area (Å²) in [6.45, 7) is 6.11. The van der Waals surface area contributed by atoms with Crippen LogP contribution in [0.2, 0.25) is 0 Å². The highest BCUT2D eigenvalue weighted by Crippen LogP contribution is 2.54. The molecule has 4 rings (SSSR count). The number of hydrogen-bond acceptors (Lipinski definition) is 3. The van der Waals surface area contributed by atoms with Crippen LogP contribution in [-0.4, -0.2) is 32.0 Å². The number of sulfone groups is 1. The number of carbonyl (C=O) groups excluding carboxylic acids is 1. The van der Waals surface area contributed by atoms with Crippen molar-refractivity contribution >= 4 is 21.3 Å². The standard InChI is InChI=1S/C25H31NO3S/c1-4-16-26-21(30(3,28)29)13-12-18(2)22-20-11-7-6-10-19(20)17-25(23(22)24(26)27)14-8-5-9-15-25/h4,6-7,10-11,13,18H,1,5,8-9,12,14-17H2,2-3H3. The van der Waals surface area contributed by atoms with E-state index in [1.165, 1.54) is 28.7 Å². The maximum atomic E-state index is 14.1. The Labute approximate surface area is 180 Å². The van der Waals surface area contributed by atoms with E-state index < -0.39 is 9.84 Å². The minimum Gasteiger partial charge on any atom is -0.295 e. The number of amides is 1. The fraction of sp³-hybridized carbons (Fsp3) is 0.480. The lowest BCUT2D eigenvalue weighted by molar-refractivity contribution is -0.126. The van der Waals surface area contributed by atoms with Crippen LogP contribution in [0.25, 0.3) is 5.57 Å². The average molecular weight is 426 g/mol. The summed E-state index contributed by atoms with van der Waals surface area (Å²) in [4.78, 5) is 15.6. The summed E-state index contributed by atoms with van der Waals surface area (Å²) in [6, 6.07) is 8.45. The normalized spacial score (nSPS) is 23.9. The molecule has 30 heavy (non-hydrogen) atoms. The van der Waals surface area contributed by atoms with Crippen LogP contribution >= 0.6 is 0 Å². The second-order valence-corrected chi connectivity index (χ2v) is 11.1. The molecule has 5 heteroatoms. The maximum absolute atomic E-state index is 14.1. The van der Waals surface area contributed by atoms with E-state index in [2.05, 4.69) is 31.7 Å². The first-order valence-electron chi connectivity index (χ1n) is 10.9. The summed E-state index contributed by atoms with van der Waals surface area (Å²) >= 11 is 0. The first-order chi connectivity index (χ1) is 14.3. The molecule has 1 saturated carbocycles. The molecule has 1 aromatic rings. The van der Waals surface area contributed by atoms with Gasteiger partial charge in [0.2, 0.25) is 0 Å². The zero-order valence-electron chi connectivity index (χ0n) is 18.0. The molecular weight excluding hydrogens is 394 g/mol. The first kappa shape index (κ1) is 21.1. The number of fused-ring (bicyclic) bond motifs is 3. The Morgan fingerprint density at radius 1 is 1.20 bits per heavy atom. The third kappa shape index (κ3) is 3.47. The molecule has 0 saturated heterocycles.